The van der Waals surface area contributed by atoms with Crippen molar-refractivity contribution in [3.05, 3.63) is 29.8 Å². The molecule has 1 aliphatic rings. The first kappa shape index (κ1) is 8.30. The summed E-state index contributed by atoms with van der Waals surface area (Å²) in [6.45, 7) is 1.06. The third kappa shape index (κ3) is 2.08. The molecule has 0 amide bonds. The van der Waals surface area contributed by atoms with Crippen LogP contribution < -0.4 is 5.32 Å². The molecule has 1 aromatic rings. The summed E-state index contributed by atoms with van der Waals surface area (Å²) < 4.78 is 0. The van der Waals surface area contributed by atoms with Gasteiger partial charge in [-0.3, -0.25) is 0 Å². The monoisotopic (exact) mass is 174 g/mol. The molecule has 2 N–H and O–H groups in total. The minimum Gasteiger partial charge on any atom is -0.384 e. The van der Waals surface area contributed by atoms with Crippen LogP contribution >= 0.6 is 0 Å². The summed E-state index contributed by atoms with van der Waals surface area (Å²) in [7, 11) is 0. The predicted octanol–water partition coefficient (Wildman–Crippen LogP) is 2.51. The van der Waals surface area contributed by atoms with Gasteiger partial charge in [-0.25, -0.2) is 0 Å². The largest absolute Gasteiger partial charge is 0.384 e. The lowest BCUT2D eigenvalue weighted by atomic mass is 10.2. The molecule has 1 aliphatic carbocycles. The van der Waals surface area contributed by atoms with Gasteiger partial charge in [0.1, 0.15) is 0 Å². The maximum absolute atomic E-state index is 7.22. The van der Waals surface area contributed by atoms with Gasteiger partial charge in [-0.15, -0.1) is 0 Å². The van der Waals surface area contributed by atoms with Gasteiger partial charge in [-0.05, 0) is 24.8 Å². The first-order chi connectivity index (χ1) is 6.40. The Balaban J connectivity index is 2.03. The highest BCUT2D eigenvalue weighted by Gasteiger charge is 2.20. The number of hydrogen-bond donors (Lipinski definition) is 2. The molecule has 2 rings (SSSR count). The van der Waals surface area contributed by atoms with Crippen LogP contribution in [0.3, 0.4) is 0 Å². The lowest BCUT2D eigenvalue weighted by Gasteiger charge is -2.07. The first-order valence-electron chi connectivity index (χ1n) is 4.73. The molecule has 0 aromatic heterocycles. The number of anilines is 1. The highest BCUT2D eigenvalue weighted by atomic mass is 14.9. The van der Waals surface area contributed by atoms with E-state index in [0.717, 1.165) is 23.7 Å². The molecule has 13 heavy (non-hydrogen) atoms. The molecule has 0 aliphatic heterocycles. The van der Waals surface area contributed by atoms with Crippen molar-refractivity contribution in [2.45, 2.75) is 12.8 Å². The van der Waals surface area contributed by atoms with Crippen molar-refractivity contribution in [2.75, 3.05) is 11.9 Å². The minimum absolute atomic E-state index is 0.874. The SMILES string of the molecule is N=Cc1ccccc1NCC1CC1. The van der Waals surface area contributed by atoms with Gasteiger partial charge in [0.2, 0.25) is 0 Å². The highest BCUT2D eigenvalue weighted by molar-refractivity contribution is 5.85. The fourth-order valence-corrected chi connectivity index (χ4v) is 1.36. The van der Waals surface area contributed by atoms with Crippen LogP contribution in [-0.2, 0) is 0 Å². The minimum atomic E-state index is 0.874. The van der Waals surface area contributed by atoms with Gasteiger partial charge in [-0.1, -0.05) is 18.2 Å². The maximum atomic E-state index is 7.22. The third-order valence-corrected chi connectivity index (χ3v) is 2.39. The Kier molecular flexibility index (Phi) is 2.30. The lowest BCUT2D eigenvalue weighted by molar-refractivity contribution is 0.889. The molecular weight excluding hydrogens is 160 g/mol. The lowest BCUT2D eigenvalue weighted by Crippen LogP contribution is -2.05. The van der Waals surface area contributed by atoms with Gasteiger partial charge in [0.05, 0.1) is 0 Å². The molecule has 0 unspecified atom stereocenters. The Labute approximate surface area is 78.5 Å². The smallest absolute Gasteiger partial charge is 0.0429 e. The van der Waals surface area contributed by atoms with E-state index in [0.29, 0.717) is 0 Å². The van der Waals surface area contributed by atoms with Crippen LogP contribution in [0.1, 0.15) is 18.4 Å². The molecule has 0 saturated heterocycles. The fraction of sp³-hybridized carbons (Fsp3) is 0.364. The van der Waals surface area contributed by atoms with Crippen LogP contribution in [-0.4, -0.2) is 12.8 Å². The van der Waals surface area contributed by atoms with E-state index in [-0.39, 0.29) is 0 Å². The van der Waals surface area contributed by atoms with Crippen molar-refractivity contribution >= 4 is 11.9 Å². The summed E-state index contributed by atoms with van der Waals surface area (Å²) in [5.41, 5.74) is 2.06. The zero-order valence-electron chi connectivity index (χ0n) is 7.59. The summed E-state index contributed by atoms with van der Waals surface area (Å²) in [6.07, 6.45) is 4.12. The number of benzene rings is 1. The van der Waals surface area contributed by atoms with E-state index in [2.05, 4.69) is 5.32 Å². The van der Waals surface area contributed by atoms with Crippen LogP contribution in [0, 0.1) is 11.3 Å². The van der Waals surface area contributed by atoms with Crippen molar-refractivity contribution in [3.63, 3.8) is 0 Å². The van der Waals surface area contributed by atoms with Crippen molar-refractivity contribution in [3.8, 4) is 0 Å². The van der Waals surface area contributed by atoms with Crippen molar-refractivity contribution < 1.29 is 0 Å². The zero-order valence-corrected chi connectivity index (χ0v) is 7.59. The molecule has 0 atom stereocenters. The normalized spacial score (nSPS) is 15.4. The van der Waals surface area contributed by atoms with E-state index in [9.17, 15) is 0 Å². The zero-order chi connectivity index (χ0) is 9.10. The number of hydrogen-bond acceptors (Lipinski definition) is 2. The second kappa shape index (κ2) is 3.60. The molecule has 0 heterocycles. The molecule has 0 spiro atoms. The van der Waals surface area contributed by atoms with Crippen molar-refractivity contribution in [2.24, 2.45) is 5.92 Å². The molecule has 0 bridgehead atoms. The molecule has 0 radical (unpaired) electrons. The fourth-order valence-electron chi connectivity index (χ4n) is 1.36. The Bertz CT molecular complexity index is 303. The summed E-state index contributed by atoms with van der Waals surface area (Å²) in [5.74, 6) is 0.874. The van der Waals surface area contributed by atoms with Gasteiger partial charge in [0.25, 0.3) is 0 Å². The van der Waals surface area contributed by atoms with Gasteiger partial charge in [-0.2, -0.15) is 0 Å². The van der Waals surface area contributed by atoms with Crippen LogP contribution in [0.4, 0.5) is 5.69 Å². The summed E-state index contributed by atoms with van der Waals surface area (Å²) in [6, 6.07) is 7.95. The van der Waals surface area contributed by atoms with Crippen molar-refractivity contribution in [1.29, 1.82) is 5.41 Å². The highest BCUT2D eigenvalue weighted by Crippen LogP contribution is 2.29. The first-order valence-corrected chi connectivity index (χ1v) is 4.73. The molecule has 2 heteroatoms. The van der Waals surface area contributed by atoms with Crippen LogP contribution in [0.25, 0.3) is 0 Å². The third-order valence-electron chi connectivity index (χ3n) is 2.39. The molecule has 1 saturated carbocycles. The number of nitrogens with one attached hydrogen (secondary N) is 2. The van der Waals surface area contributed by atoms with Crippen LogP contribution in [0.15, 0.2) is 24.3 Å². The summed E-state index contributed by atoms with van der Waals surface area (Å²) >= 11 is 0. The van der Waals surface area contributed by atoms with E-state index < -0.39 is 0 Å². The Hall–Kier alpha value is -1.31. The van der Waals surface area contributed by atoms with Crippen LogP contribution in [0.2, 0.25) is 0 Å². The Morgan fingerprint density at radius 2 is 2.15 bits per heavy atom. The maximum Gasteiger partial charge on any atom is 0.0429 e. The number of rotatable bonds is 4. The van der Waals surface area contributed by atoms with Gasteiger partial charge >= 0.3 is 0 Å². The van der Waals surface area contributed by atoms with Gasteiger partial charge in [0, 0.05) is 24.0 Å². The van der Waals surface area contributed by atoms with Gasteiger partial charge < -0.3 is 10.7 Å². The standard InChI is InChI=1S/C11H14N2/c12-7-10-3-1-2-4-11(10)13-8-9-5-6-9/h1-4,7,9,12-13H,5-6,8H2. The molecule has 1 fully saturated rings. The van der Waals surface area contributed by atoms with Crippen LogP contribution in [0.5, 0.6) is 0 Å². The topological polar surface area (TPSA) is 35.9 Å². The van der Waals surface area contributed by atoms with E-state index in [4.69, 9.17) is 5.41 Å². The Morgan fingerprint density at radius 3 is 2.85 bits per heavy atom. The van der Waals surface area contributed by atoms with E-state index >= 15 is 0 Å². The predicted molar refractivity (Wildman–Crippen MR) is 55.5 cm³/mol. The average Bonchev–Trinajstić information content (AvgIpc) is 2.99. The number of para-hydroxylation sites is 1. The van der Waals surface area contributed by atoms with E-state index in [1.165, 1.54) is 19.1 Å². The molecule has 68 valence electrons. The average molecular weight is 174 g/mol. The second-order valence-corrected chi connectivity index (χ2v) is 3.56. The molecular formula is C11H14N2. The van der Waals surface area contributed by atoms with E-state index in [1.54, 1.807) is 0 Å². The van der Waals surface area contributed by atoms with Crippen molar-refractivity contribution in [1.82, 2.24) is 0 Å². The quantitative estimate of drug-likeness (QED) is 0.676. The van der Waals surface area contributed by atoms with Gasteiger partial charge in [0.15, 0.2) is 0 Å². The second-order valence-electron chi connectivity index (χ2n) is 3.56. The van der Waals surface area contributed by atoms with E-state index in [1.807, 2.05) is 24.3 Å². The summed E-state index contributed by atoms with van der Waals surface area (Å²) in [5, 5.41) is 10.6. The molecule has 2 nitrogen and oxygen atoms in total. The molecule has 1 aromatic carbocycles. The Morgan fingerprint density at radius 1 is 1.38 bits per heavy atom. The summed E-state index contributed by atoms with van der Waals surface area (Å²) in [4.78, 5) is 0.